The van der Waals surface area contributed by atoms with Crippen molar-refractivity contribution in [1.82, 2.24) is 10.7 Å². The Hall–Kier alpha value is -1.62. The van der Waals surface area contributed by atoms with Crippen LogP contribution in [-0.2, 0) is 0 Å². The summed E-state index contributed by atoms with van der Waals surface area (Å²) in [5.74, 6) is 0.839. The van der Waals surface area contributed by atoms with Crippen molar-refractivity contribution in [3.8, 4) is 5.75 Å². The maximum absolute atomic E-state index is 5.26. The number of hydrogen-bond donors (Lipinski definition) is 2. The predicted molar refractivity (Wildman–Crippen MR) is 144 cm³/mol. The minimum absolute atomic E-state index is 0.579. The topological polar surface area (TPSA) is 45.7 Å². The molecular weight excluding hydrogens is 414 g/mol. The highest BCUT2D eigenvalue weighted by atomic mass is 32.1. The summed E-state index contributed by atoms with van der Waals surface area (Å²) in [5, 5.41) is 7.98. The second-order valence-corrected chi connectivity index (χ2v) is 9.11. The van der Waals surface area contributed by atoms with Gasteiger partial charge in [0.1, 0.15) is 5.75 Å². The summed E-state index contributed by atoms with van der Waals surface area (Å²) >= 11 is 5.26. The predicted octanol–water partition coefficient (Wildman–Crippen LogP) is 7.75. The highest BCUT2D eigenvalue weighted by molar-refractivity contribution is 7.80. The van der Waals surface area contributed by atoms with E-state index in [2.05, 4.69) is 22.8 Å². The zero-order valence-electron chi connectivity index (χ0n) is 20.7. The number of benzene rings is 1. The van der Waals surface area contributed by atoms with E-state index in [-0.39, 0.29) is 0 Å². The second kappa shape index (κ2) is 21.2. The maximum atomic E-state index is 5.26. The maximum Gasteiger partial charge on any atom is 0.186 e. The average Bonchev–Trinajstić information content (AvgIpc) is 2.81. The lowest BCUT2D eigenvalue weighted by atomic mass is 10.0. The summed E-state index contributed by atoms with van der Waals surface area (Å²) in [6.45, 7) is 3.19. The number of nitrogens with one attached hydrogen (secondary N) is 2. The summed E-state index contributed by atoms with van der Waals surface area (Å²) < 4.78 is 5.15. The van der Waals surface area contributed by atoms with Gasteiger partial charge in [-0.25, -0.2) is 0 Å². The third kappa shape index (κ3) is 17.0. The van der Waals surface area contributed by atoms with E-state index in [1.807, 2.05) is 24.3 Å². The van der Waals surface area contributed by atoms with Crippen molar-refractivity contribution in [2.24, 2.45) is 5.10 Å². The quantitative estimate of drug-likeness (QED) is 0.0901. The van der Waals surface area contributed by atoms with Crippen LogP contribution in [0.1, 0.15) is 115 Å². The molecule has 0 aliphatic heterocycles. The summed E-state index contributed by atoms with van der Waals surface area (Å²) in [7, 11) is 1.66. The van der Waals surface area contributed by atoms with Crippen LogP contribution in [0.25, 0.3) is 0 Å². The van der Waals surface area contributed by atoms with E-state index >= 15 is 0 Å². The lowest BCUT2D eigenvalue weighted by Crippen LogP contribution is -2.32. The Balaban J connectivity index is 1.82. The fourth-order valence-corrected chi connectivity index (χ4v) is 3.92. The number of thiocarbonyl (C=S) groups is 1. The summed E-state index contributed by atoms with van der Waals surface area (Å²) in [6.07, 6.45) is 24.0. The fourth-order valence-electron chi connectivity index (χ4n) is 3.77. The van der Waals surface area contributed by atoms with Crippen LogP contribution in [0.5, 0.6) is 5.75 Å². The molecule has 0 amide bonds. The number of ether oxygens (including phenoxy) is 1. The van der Waals surface area contributed by atoms with E-state index in [1.54, 1.807) is 13.3 Å². The summed E-state index contributed by atoms with van der Waals surface area (Å²) in [6, 6.07) is 7.73. The van der Waals surface area contributed by atoms with Gasteiger partial charge in [-0.2, -0.15) is 5.10 Å². The molecule has 182 valence electrons. The van der Waals surface area contributed by atoms with E-state index in [0.717, 1.165) is 24.3 Å². The molecule has 0 aliphatic carbocycles. The Labute approximate surface area is 203 Å². The van der Waals surface area contributed by atoms with E-state index in [1.165, 1.54) is 96.3 Å². The standard InChI is InChI=1S/C27H47N3OS/c1-3-4-5-6-7-8-9-10-11-12-13-14-15-16-17-18-23-28-27(32)30-29-24-25-19-21-26(31-2)22-20-25/h19-22,24H,3-18,23H2,1-2H3,(H2,28,30,32). The zero-order chi connectivity index (χ0) is 23.1. The molecule has 0 fully saturated rings. The first-order valence-corrected chi connectivity index (χ1v) is 13.4. The molecule has 0 aliphatic rings. The molecule has 1 rings (SSSR count). The molecule has 0 heterocycles. The highest BCUT2D eigenvalue weighted by Gasteiger charge is 1.96. The first-order chi connectivity index (χ1) is 15.8. The van der Waals surface area contributed by atoms with E-state index in [9.17, 15) is 0 Å². The van der Waals surface area contributed by atoms with E-state index in [4.69, 9.17) is 17.0 Å². The number of rotatable bonds is 20. The number of methoxy groups -OCH3 is 1. The van der Waals surface area contributed by atoms with Crippen molar-refractivity contribution in [3.05, 3.63) is 29.8 Å². The van der Waals surface area contributed by atoms with Gasteiger partial charge in [-0.1, -0.05) is 103 Å². The van der Waals surface area contributed by atoms with Gasteiger partial charge in [-0.05, 0) is 48.5 Å². The molecule has 4 nitrogen and oxygen atoms in total. The second-order valence-electron chi connectivity index (χ2n) is 8.70. The van der Waals surface area contributed by atoms with Crippen LogP contribution in [0.4, 0.5) is 0 Å². The summed E-state index contributed by atoms with van der Waals surface area (Å²) in [4.78, 5) is 0. The molecule has 0 bridgehead atoms. The first kappa shape index (κ1) is 28.4. The highest BCUT2D eigenvalue weighted by Crippen LogP contribution is 2.13. The normalized spacial score (nSPS) is 11.1. The van der Waals surface area contributed by atoms with Gasteiger partial charge in [0.15, 0.2) is 5.11 Å². The fraction of sp³-hybridized carbons (Fsp3) is 0.704. The molecule has 0 atom stereocenters. The molecule has 2 N–H and O–H groups in total. The van der Waals surface area contributed by atoms with E-state index < -0.39 is 0 Å². The van der Waals surface area contributed by atoms with Crippen molar-refractivity contribution in [3.63, 3.8) is 0 Å². The van der Waals surface area contributed by atoms with Crippen molar-refractivity contribution in [2.45, 2.75) is 110 Å². The molecule has 0 saturated heterocycles. The van der Waals surface area contributed by atoms with Crippen LogP contribution in [-0.4, -0.2) is 25.0 Å². The largest absolute Gasteiger partial charge is 0.497 e. The van der Waals surface area contributed by atoms with Gasteiger partial charge in [0.2, 0.25) is 0 Å². The Bertz CT molecular complexity index is 589. The molecule has 5 heteroatoms. The number of hydrazone groups is 1. The SMILES string of the molecule is CCCCCCCCCCCCCCCCCCNC(=S)NN=Cc1ccc(OC)cc1. The molecule has 0 unspecified atom stereocenters. The van der Waals surface area contributed by atoms with Crippen molar-refractivity contribution < 1.29 is 4.74 Å². The summed E-state index contributed by atoms with van der Waals surface area (Å²) in [5.41, 5.74) is 3.87. The van der Waals surface area contributed by atoms with Gasteiger partial charge in [0.05, 0.1) is 13.3 Å². The van der Waals surface area contributed by atoms with Crippen LogP contribution in [0.2, 0.25) is 0 Å². The molecule has 0 spiro atoms. The molecule has 32 heavy (non-hydrogen) atoms. The van der Waals surface area contributed by atoms with Crippen molar-refractivity contribution in [2.75, 3.05) is 13.7 Å². The van der Waals surface area contributed by atoms with Crippen LogP contribution in [0.3, 0.4) is 0 Å². The first-order valence-electron chi connectivity index (χ1n) is 13.0. The number of nitrogens with zero attached hydrogens (tertiary/aromatic N) is 1. The van der Waals surface area contributed by atoms with Crippen LogP contribution in [0, 0.1) is 0 Å². The monoisotopic (exact) mass is 461 g/mol. The zero-order valence-corrected chi connectivity index (χ0v) is 21.5. The third-order valence-corrected chi connectivity index (χ3v) is 6.05. The number of hydrogen-bond acceptors (Lipinski definition) is 3. The van der Waals surface area contributed by atoms with Crippen molar-refractivity contribution in [1.29, 1.82) is 0 Å². The van der Waals surface area contributed by atoms with Gasteiger partial charge < -0.3 is 10.1 Å². The van der Waals surface area contributed by atoms with Gasteiger partial charge in [0.25, 0.3) is 0 Å². The van der Waals surface area contributed by atoms with Crippen LogP contribution in [0.15, 0.2) is 29.4 Å². The number of unbranched alkanes of at least 4 members (excludes halogenated alkanes) is 15. The van der Waals surface area contributed by atoms with Gasteiger partial charge in [0, 0.05) is 6.54 Å². The average molecular weight is 462 g/mol. The van der Waals surface area contributed by atoms with Crippen molar-refractivity contribution >= 4 is 23.5 Å². The molecule has 0 radical (unpaired) electrons. The molecule has 1 aromatic carbocycles. The van der Waals surface area contributed by atoms with Gasteiger partial charge >= 0.3 is 0 Å². The molecule has 0 aromatic heterocycles. The van der Waals surface area contributed by atoms with Crippen LogP contribution >= 0.6 is 12.2 Å². The molecule has 1 aromatic rings. The Morgan fingerprint density at radius 1 is 0.781 bits per heavy atom. The lowest BCUT2D eigenvalue weighted by molar-refractivity contribution is 0.415. The lowest BCUT2D eigenvalue weighted by Gasteiger charge is -2.07. The smallest absolute Gasteiger partial charge is 0.186 e. The third-order valence-electron chi connectivity index (χ3n) is 5.81. The molecular formula is C27H47N3OS. The minimum Gasteiger partial charge on any atom is -0.497 e. The van der Waals surface area contributed by atoms with E-state index in [0.29, 0.717) is 5.11 Å². The Kier molecular flexibility index (Phi) is 18.9. The molecule has 0 saturated carbocycles. The van der Waals surface area contributed by atoms with Crippen LogP contribution < -0.4 is 15.5 Å². The van der Waals surface area contributed by atoms with Gasteiger partial charge in [-0.15, -0.1) is 0 Å². The van der Waals surface area contributed by atoms with Gasteiger partial charge in [-0.3, -0.25) is 5.43 Å². The Morgan fingerprint density at radius 2 is 1.25 bits per heavy atom. The minimum atomic E-state index is 0.579. The Morgan fingerprint density at radius 3 is 1.72 bits per heavy atom.